The topological polar surface area (TPSA) is 63.1 Å². The second-order valence-corrected chi connectivity index (χ2v) is 4.60. The Balaban J connectivity index is 0.00000289. The van der Waals surface area contributed by atoms with E-state index in [2.05, 4.69) is 26.6 Å². The third-order valence-corrected chi connectivity index (χ3v) is 2.82. The first-order valence-electron chi connectivity index (χ1n) is 5.35. The van der Waals surface area contributed by atoms with Gasteiger partial charge in [-0.3, -0.25) is 9.59 Å². The Morgan fingerprint density at radius 1 is 1.50 bits per heavy atom. The van der Waals surface area contributed by atoms with Gasteiger partial charge in [0.1, 0.15) is 0 Å². The van der Waals surface area contributed by atoms with E-state index in [1.165, 1.54) is 4.57 Å². The number of nitrogens with zero attached hydrogens (tertiary/aromatic N) is 1. The van der Waals surface area contributed by atoms with Crippen molar-refractivity contribution >= 4 is 39.9 Å². The van der Waals surface area contributed by atoms with Crippen LogP contribution in [0.15, 0.2) is 21.5 Å². The molecule has 18 heavy (non-hydrogen) atoms. The monoisotopic (exact) mass is 337 g/mol. The summed E-state index contributed by atoms with van der Waals surface area (Å²) in [6.45, 7) is 0.810. The van der Waals surface area contributed by atoms with Gasteiger partial charge >= 0.3 is 0 Å². The van der Waals surface area contributed by atoms with Crippen molar-refractivity contribution in [1.82, 2.24) is 9.88 Å². The Hall–Kier alpha value is -0.850. The lowest BCUT2D eigenvalue weighted by Gasteiger charge is -2.07. The predicted octanol–water partition coefficient (Wildman–Crippen LogP) is 1.51. The van der Waals surface area contributed by atoms with E-state index in [1.54, 1.807) is 19.3 Å². The molecule has 7 heteroatoms. The minimum absolute atomic E-state index is 0. The lowest BCUT2D eigenvalue weighted by Crippen LogP contribution is -2.20. The molecular formula is C11H17BrClN3O2. The van der Waals surface area contributed by atoms with Gasteiger partial charge in [-0.1, -0.05) is 0 Å². The minimum Gasteiger partial charge on any atom is -0.325 e. The fourth-order valence-corrected chi connectivity index (χ4v) is 1.92. The van der Waals surface area contributed by atoms with E-state index in [0.717, 1.165) is 13.0 Å². The zero-order valence-corrected chi connectivity index (χ0v) is 12.7. The maximum absolute atomic E-state index is 11.6. The Bertz CT molecular complexity index is 436. The Kier molecular flexibility index (Phi) is 7.90. The largest absolute Gasteiger partial charge is 0.325 e. The first-order valence-corrected chi connectivity index (χ1v) is 6.14. The number of rotatable bonds is 5. The molecule has 0 saturated heterocycles. The quantitative estimate of drug-likeness (QED) is 0.800. The molecule has 0 radical (unpaired) electrons. The first kappa shape index (κ1) is 17.2. The van der Waals surface area contributed by atoms with Crippen LogP contribution >= 0.6 is 28.3 Å². The SMILES string of the molecule is CNCCCC(=O)Nc1cc(Br)c(=O)n(C)c1.Cl. The Morgan fingerprint density at radius 2 is 2.17 bits per heavy atom. The number of hydrogen-bond acceptors (Lipinski definition) is 3. The van der Waals surface area contributed by atoms with Crippen LogP contribution in [0.4, 0.5) is 5.69 Å². The second-order valence-electron chi connectivity index (χ2n) is 3.75. The molecule has 0 aliphatic carbocycles. The number of nitrogens with one attached hydrogen (secondary N) is 2. The van der Waals surface area contributed by atoms with Crippen LogP contribution in [0, 0.1) is 0 Å². The van der Waals surface area contributed by atoms with Crippen molar-refractivity contribution in [3.05, 3.63) is 27.1 Å². The van der Waals surface area contributed by atoms with E-state index in [0.29, 0.717) is 16.6 Å². The molecule has 0 saturated carbocycles. The van der Waals surface area contributed by atoms with Crippen molar-refractivity contribution in [2.75, 3.05) is 18.9 Å². The van der Waals surface area contributed by atoms with E-state index >= 15 is 0 Å². The van der Waals surface area contributed by atoms with Gasteiger partial charge in [-0.15, -0.1) is 12.4 Å². The maximum atomic E-state index is 11.6. The molecule has 1 amide bonds. The Morgan fingerprint density at radius 3 is 2.72 bits per heavy atom. The van der Waals surface area contributed by atoms with Crippen LogP contribution in [-0.4, -0.2) is 24.1 Å². The third-order valence-electron chi connectivity index (χ3n) is 2.25. The van der Waals surface area contributed by atoms with Gasteiger partial charge in [-0.25, -0.2) is 0 Å². The summed E-state index contributed by atoms with van der Waals surface area (Å²) in [6, 6.07) is 1.61. The number of carbonyl (C=O) groups excluding carboxylic acids is 1. The summed E-state index contributed by atoms with van der Waals surface area (Å²) in [7, 11) is 3.49. The molecule has 0 bridgehead atoms. The standard InChI is InChI=1S/C11H16BrN3O2.ClH/c1-13-5-3-4-10(16)14-8-6-9(12)11(17)15(2)7-8;/h6-7,13H,3-5H2,1-2H3,(H,14,16);1H. The van der Waals surface area contributed by atoms with Gasteiger partial charge < -0.3 is 15.2 Å². The molecule has 0 aromatic carbocycles. The van der Waals surface area contributed by atoms with Crippen LogP contribution in [0.25, 0.3) is 0 Å². The number of amides is 1. The molecule has 0 fully saturated rings. The lowest BCUT2D eigenvalue weighted by atomic mass is 10.3. The molecule has 0 spiro atoms. The number of anilines is 1. The van der Waals surface area contributed by atoms with E-state index in [-0.39, 0.29) is 23.9 Å². The molecule has 102 valence electrons. The van der Waals surface area contributed by atoms with Gasteiger partial charge in [0.05, 0.1) is 10.2 Å². The van der Waals surface area contributed by atoms with E-state index < -0.39 is 0 Å². The van der Waals surface area contributed by atoms with Crippen LogP contribution in [0.5, 0.6) is 0 Å². The van der Waals surface area contributed by atoms with Gasteiger partial charge in [0, 0.05) is 19.7 Å². The molecule has 2 N–H and O–H groups in total. The van der Waals surface area contributed by atoms with E-state index in [9.17, 15) is 9.59 Å². The summed E-state index contributed by atoms with van der Waals surface area (Å²) >= 11 is 3.16. The molecule has 1 heterocycles. The number of aromatic nitrogens is 1. The average Bonchev–Trinajstić information content (AvgIpc) is 2.26. The van der Waals surface area contributed by atoms with Gasteiger partial charge in [0.15, 0.2) is 0 Å². The molecule has 1 aromatic rings. The predicted molar refractivity (Wildman–Crippen MR) is 78.4 cm³/mol. The summed E-state index contributed by atoms with van der Waals surface area (Å²) in [5.74, 6) is -0.0502. The van der Waals surface area contributed by atoms with Crippen LogP contribution in [0.3, 0.4) is 0 Å². The lowest BCUT2D eigenvalue weighted by molar-refractivity contribution is -0.116. The highest BCUT2D eigenvalue weighted by Gasteiger charge is 2.05. The smallest absolute Gasteiger partial charge is 0.264 e. The van der Waals surface area contributed by atoms with Crippen molar-refractivity contribution < 1.29 is 4.79 Å². The average molecular weight is 339 g/mol. The Labute approximate surface area is 120 Å². The third kappa shape index (κ3) is 5.20. The van der Waals surface area contributed by atoms with Crippen molar-refractivity contribution in [2.45, 2.75) is 12.8 Å². The van der Waals surface area contributed by atoms with Crippen LogP contribution in [0.1, 0.15) is 12.8 Å². The number of halogens is 2. The van der Waals surface area contributed by atoms with Gasteiger partial charge in [0.2, 0.25) is 5.91 Å². The van der Waals surface area contributed by atoms with Gasteiger partial charge in [-0.2, -0.15) is 0 Å². The van der Waals surface area contributed by atoms with E-state index in [4.69, 9.17) is 0 Å². The molecule has 0 aliphatic rings. The highest BCUT2D eigenvalue weighted by atomic mass is 79.9. The van der Waals surface area contributed by atoms with E-state index in [1.807, 2.05) is 7.05 Å². The zero-order valence-electron chi connectivity index (χ0n) is 10.3. The zero-order chi connectivity index (χ0) is 12.8. The van der Waals surface area contributed by atoms with Crippen molar-refractivity contribution in [3.63, 3.8) is 0 Å². The fraction of sp³-hybridized carbons (Fsp3) is 0.455. The summed E-state index contributed by atoms with van der Waals surface area (Å²) < 4.78 is 1.86. The molecular weight excluding hydrogens is 321 g/mol. The van der Waals surface area contributed by atoms with Crippen molar-refractivity contribution in [2.24, 2.45) is 7.05 Å². The summed E-state index contributed by atoms with van der Waals surface area (Å²) in [5.41, 5.74) is 0.492. The minimum atomic E-state index is -0.127. The highest BCUT2D eigenvalue weighted by Crippen LogP contribution is 2.11. The van der Waals surface area contributed by atoms with Crippen LogP contribution < -0.4 is 16.2 Å². The molecule has 0 atom stereocenters. The molecule has 1 rings (SSSR count). The molecule has 5 nitrogen and oxygen atoms in total. The van der Waals surface area contributed by atoms with Crippen LogP contribution in [0.2, 0.25) is 0 Å². The molecule has 0 aliphatic heterocycles. The second kappa shape index (κ2) is 8.29. The fourth-order valence-electron chi connectivity index (χ4n) is 1.39. The number of carbonyl (C=O) groups is 1. The normalized spacial score (nSPS) is 9.72. The number of pyridine rings is 1. The van der Waals surface area contributed by atoms with Crippen molar-refractivity contribution in [3.8, 4) is 0 Å². The van der Waals surface area contributed by atoms with Crippen molar-refractivity contribution in [1.29, 1.82) is 0 Å². The summed E-state index contributed by atoms with van der Waals surface area (Å²) in [5, 5.41) is 5.73. The summed E-state index contributed by atoms with van der Waals surface area (Å²) in [4.78, 5) is 23.0. The van der Waals surface area contributed by atoms with Gasteiger partial charge in [-0.05, 0) is 42.0 Å². The number of hydrogen-bond donors (Lipinski definition) is 2. The first-order chi connectivity index (χ1) is 8.04. The molecule has 1 aromatic heterocycles. The highest BCUT2D eigenvalue weighted by molar-refractivity contribution is 9.10. The maximum Gasteiger partial charge on any atom is 0.264 e. The van der Waals surface area contributed by atoms with Gasteiger partial charge in [0.25, 0.3) is 5.56 Å². The summed E-state index contributed by atoms with van der Waals surface area (Å²) in [6.07, 6.45) is 2.85. The number of aryl methyl sites for hydroxylation is 1. The molecule has 0 unspecified atom stereocenters. The van der Waals surface area contributed by atoms with Crippen LogP contribution in [-0.2, 0) is 11.8 Å².